The molecule has 2 unspecified atom stereocenters. The van der Waals surface area contributed by atoms with E-state index in [-0.39, 0.29) is 5.97 Å². The Morgan fingerprint density at radius 1 is 1.29 bits per heavy atom. The van der Waals surface area contributed by atoms with Crippen LogP contribution in [0.3, 0.4) is 0 Å². The van der Waals surface area contributed by atoms with Crippen molar-refractivity contribution in [2.75, 3.05) is 40.1 Å². The molecule has 1 aliphatic carbocycles. The lowest BCUT2D eigenvalue weighted by molar-refractivity contribution is -0.153. The minimum atomic E-state index is -0.503. The molecular formula is C16H31NO4. The van der Waals surface area contributed by atoms with Gasteiger partial charge < -0.3 is 19.5 Å². The zero-order valence-corrected chi connectivity index (χ0v) is 13.8. The highest BCUT2D eigenvalue weighted by Crippen LogP contribution is 2.39. The largest absolute Gasteiger partial charge is 0.465 e. The molecule has 0 radical (unpaired) electrons. The average molecular weight is 301 g/mol. The van der Waals surface area contributed by atoms with E-state index in [2.05, 4.69) is 12.2 Å². The second-order valence-electron chi connectivity index (χ2n) is 5.60. The third-order valence-corrected chi connectivity index (χ3v) is 4.19. The molecule has 21 heavy (non-hydrogen) atoms. The molecule has 0 amide bonds. The normalized spacial score (nSPS) is 25.2. The van der Waals surface area contributed by atoms with E-state index < -0.39 is 5.54 Å². The molecule has 0 bridgehead atoms. The Labute approximate surface area is 128 Å². The highest BCUT2D eigenvalue weighted by molar-refractivity contribution is 5.81. The molecule has 0 saturated heterocycles. The second-order valence-corrected chi connectivity index (χ2v) is 5.60. The minimum absolute atomic E-state index is 0.0853. The number of methoxy groups -OCH3 is 1. The molecule has 1 fully saturated rings. The van der Waals surface area contributed by atoms with Crippen LogP contribution in [0.4, 0.5) is 0 Å². The fourth-order valence-electron chi connectivity index (χ4n) is 3.12. The highest BCUT2D eigenvalue weighted by Gasteiger charge is 2.49. The van der Waals surface area contributed by atoms with Gasteiger partial charge in [0.15, 0.2) is 0 Å². The van der Waals surface area contributed by atoms with Gasteiger partial charge >= 0.3 is 5.97 Å². The van der Waals surface area contributed by atoms with Crippen LogP contribution in [0.5, 0.6) is 0 Å². The third-order valence-electron chi connectivity index (χ3n) is 4.19. The van der Waals surface area contributed by atoms with Crippen molar-refractivity contribution in [3.63, 3.8) is 0 Å². The van der Waals surface area contributed by atoms with Crippen LogP contribution < -0.4 is 5.32 Å². The molecule has 1 N–H and O–H groups in total. The molecule has 2 atom stereocenters. The van der Waals surface area contributed by atoms with Gasteiger partial charge in [0.25, 0.3) is 0 Å². The molecular weight excluding hydrogens is 270 g/mol. The van der Waals surface area contributed by atoms with Crippen molar-refractivity contribution in [2.24, 2.45) is 5.92 Å². The maximum Gasteiger partial charge on any atom is 0.326 e. The molecule has 0 heterocycles. The van der Waals surface area contributed by atoms with Crippen LogP contribution in [0.15, 0.2) is 0 Å². The lowest BCUT2D eigenvalue weighted by Gasteiger charge is -2.34. The van der Waals surface area contributed by atoms with Crippen LogP contribution in [0.2, 0.25) is 0 Å². The second kappa shape index (κ2) is 10.1. The summed E-state index contributed by atoms with van der Waals surface area (Å²) in [6.45, 7) is 7.15. The Morgan fingerprint density at radius 2 is 2.10 bits per heavy atom. The van der Waals surface area contributed by atoms with Crippen molar-refractivity contribution in [1.82, 2.24) is 5.32 Å². The van der Waals surface area contributed by atoms with Gasteiger partial charge in [-0.2, -0.15) is 0 Å². The minimum Gasteiger partial charge on any atom is -0.465 e. The van der Waals surface area contributed by atoms with E-state index >= 15 is 0 Å². The number of carbonyl (C=O) groups excluding carboxylic acids is 1. The zero-order valence-electron chi connectivity index (χ0n) is 13.8. The van der Waals surface area contributed by atoms with Crippen molar-refractivity contribution >= 4 is 5.97 Å². The van der Waals surface area contributed by atoms with Crippen LogP contribution in [-0.2, 0) is 19.0 Å². The molecule has 0 aromatic rings. The van der Waals surface area contributed by atoms with Gasteiger partial charge in [0.1, 0.15) is 5.54 Å². The molecule has 5 nitrogen and oxygen atoms in total. The monoisotopic (exact) mass is 301 g/mol. The van der Waals surface area contributed by atoms with Crippen LogP contribution in [0.1, 0.15) is 46.0 Å². The number of hydrogen-bond acceptors (Lipinski definition) is 5. The van der Waals surface area contributed by atoms with E-state index in [1.807, 2.05) is 6.92 Å². The number of rotatable bonds is 11. The molecule has 0 spiro atoms. The maximum absolute atomic E-state index is 12.5. The van der Waals surface area contributed by atoms with E-state index in [1.54, 1.807) is 7.11 Å². The summed E-state index contributed by atoms with van der Waals surface area (Å²) < 4.78 is 15.9. The van der Waals surface area contributed by atoms with Gasteiger partial charge in [-0.25, -0.2) is 0 Å². The lowest BCUT2D eigenvalue weighted by Crippen LogP contribution is -2.56. The number of nitrogens with one attached hydrogen (secondary N) is 1. The Balaban J connectivity index is 2.58. The van der Waals surface area contributed by atoms with Crippen LogP contribution in [0.25, 0.3) is 0 Å². The van der Waals surface area contributed by atoms with Gasteiger partial charge in [-0.1, -0.05) is 13.3 Å². The number of ether oxygens (including phenoxy) is 3. The van der Waals surface area contributed by atoms with Gasteiger partial charge in [-0.15, -0.1) is 0 Å². The quantitative estimate of drug-likeness (QED) is 0.468. The Bertz CT molecular complexity index is 298. The van der Waals surface area contributed by atoms with Gasteiger partial charge in [0.05, 0.1) is 19.8 Å². The summed E-state index contributed by atoms with van der Waals surface area (Å²) in [4.78, 5) is 12.5. The van der Waals surface area contributed by atoms with Crippen molar-refractivity contribution in [3.8, 4) is 0 Å². The summed E-state index contributed by atoms with van der Waals surface area (Å²) in [6.07, 6.45) is 4.90. The van der Waals surface area contributed by atoms with Crippen LogP contribution >= 0.6 is 0 Å². The van der Waals surface area contributed by atoms with E-state index in [9.17, 15) is 4.79 Å². The van der Waals surface area contributed by atoms with E-state index in [0.717, 1.165) is 38.6 Å². The topological polar surface area (TPSA) is 56.8 Å². The summed E-state index contributed by atoms with van der Waals surface area (Å²) in [5.41, 5.74) is -0.503. The molecule has 1 rings (SSSR count). The fourth-order valence-corrected chi connectivity index (χ4v) is 3.12. The maximum atomic E-state index is 12.5. The highest BCUT2D eigenvalue weighted by atomic mass is 16.5. The summed E-state index contributed by atoms with van der Waals surface area (Å²) in [6, 6.07) is 0. The molecule has 5 heteroatoms. The van der Waals surface area contributed by atoms with Crippen LogP contribution in [-0.4, -0.2) is 51.6 Å². The molecule has 0 aromatic carbocycles. The molecule has 1 saturated carbocycles. The van der Waals surface area contributed by atoms with Crippen LogP contribution in [0, 0.1) is 5.92 Å². The summed E-state index contributed by atoms with van der Waals surface area (Å²) in [5.74, 6) is 0.212. The smallest absolute Gasteiger partial charge is 0.326 e. The first-order valence-corrected chi connectivity index (χ1v) is 8.20. The first-order valence-electron chi connectivity index (χ1n) is 8.20. The standard InChI is InChI=1S/C16H31NO4/c1-4-10-17-16(15(18)21-5-2)9-6-7-14(16)8-11-20-13-12-19-3/h14,17H,4-13H2,1-3H3. The summed E-state index contributed by atoms with van der Waals surface area (Å²) >= 11 is 0. The summed E-state index contributed by atoms with van der Waals surface area (Å²) in [7, 11) is 1.67. The number of carbonyl (C=O) groups is 1. The van der Waals surface area contributed by atoms with E-state index in [0.29, 0.717) is 32.3 Å². The van der Waals surface area contributed by atoms with E-state index in [4.69, 9.17) is 14.2 Å². The van der Waals surface area contributed by atoms with Gasteiger partial charge in [-0.05, 0) is 45.1 Å². The van der Waals surface area contributed by atoms with Gasteiger partial charge in [-0.3, -0.25) is 4.79 Å². The van der Waals surface area contributed by atoms with Crippen molar-refractivity contribution < 1.29 is 19.0 Å². The van der Waals surface area contributed by atoms with Gasteiger partial charge in [0, 0.05) is 13.7 Å². The molecule has 0 aliphatic heterocycles. The summed E-state index contributed by atoms with van der Waals surface area (Å²) in [5, 5.41) is 3.48. The third kappa shape index (κ3) is 5.24. The average Bonchev–Trinajstić information content (AvgIpc) is 2.89. The van der Waals surface area contributed by atoms with Crippen molar-refractivity contribution in [2.45, 2.75) is 51.5 Å². The Hall–Kier alpha value is -0.650. The Morgan fingerprint density at radius 3 is 2.76 bits per heavy atom. The molecule has 1 aliphatic rings. The predicted octanol–water partition coefficient (Wildman–Crippen LogP) is 2.14. The van der Waals surface area contributed by atoms with E-state index in [1.165, 1.54) is 0 Å². The van der Waals surface area contributed by atoms with Crippen molar-refractivity contribution in [3.05, 3.63) is 0 Å². The SMILES string of the molecule is CCCNC1(C(=O)OCC)CCCC1CCOCCOC. The lowest BCUT2D eigenvalue weighted by atomic mass is 9.84. The van der Waals surface area contributed by atoms with Gasteiger partial charge in [0.2, 0.25) is 0 Å². The van der Waals surface area contributed by atoms with Crippen molar-refractivity contribution in [1.29, 1.82) is 0 Å². The first kappa shape index (κ1) is 18.4. The first-order chi connectivity index (χ1) is 10.2. The Kier molecular flexibility index (Phi) is 8.88. The molecule has 124 valence electrons. The molecule has 0 aromatic heterocycles. The number of esters is 1. The predicted molar refractivity (Wildman–Crippen MR) is 82.3 cm³/mol. The fraction of sp³-hybridized carbons (Fsp3) is 0.938. The zero-order chi connectivity index (χ0) is 15.6. The number of hydrogen-bond donors (Lipinski definition) is 1.